The van der Waals surface area contributed by atoms with Crippen LogP contribution in [0, 0.1) is 12.8 Å². The number of carboxylic acids is 1. The van der Waals surface area contributed by atoms with Crippen molar-refractivity contribution in [2.75, 3.05) is 10.6 Å². The molecule has 2 amide bonds. The maximum atomic E-state index is 12.4. The van der Waals surface area contributed by atoms with Gasteiger partial charge in [-0.15, -0.1) is 0 Å². The number of hydrogen-bond donors (Lipinski definition) is 3. The van der Waals surface area contributed by atoms with Crippen LogP contribution in [0.15, 0.2) is 42.5 Å². The van der Waals surface area contributed by atoms with Gasteiger partial charge in [-0.05, 0) is 49.1 Å². The van der Waals surface area contributed by atoms with E-state index in [0.717, 1.165) is 18.4 Å². The fourth-order valence-electron chi connectivity index (χ4n) is 2.67. The second kappa shape index (κ2) is 7.39. The molecule has 6 heteroatoms. The predicted octanol–water partition coefficient (Wildman–Crippen LogP) is 3.22. The summed E-state index contributed by atoms with van der Waals surface area (Å²) in [4.78, 5) is 35.5. The normalized spacial score (nSPS) is 13.1. The van der Waals surface area contributed by atoms with Gasteiger partial charge < -0.3 is 15.7 Å². The summed E-state index contributed by atoms with van der Waals surface area (Å²) >= 11 is 0. The van der Waals surface area contributed by atoms with E-state index in [2.05, 4.69) is 10.6 Å². The van der Waals surface area contributed by atoms with Crippen molar-refractivity contribution in [2.24, 2.45) is 5.92 Å². The van der Waals surface area contributed by atoms with E-state index in [-0.39, 0.29) is 29.7 Å². The highest BCUT2D eigenvalue weighted by Gasteiger charge is 2.29. The van der Waals surface area contributed by atoms with Crippen LogP contribution in [0.4, 0.5) is 11.4 Å². The molecule has 0 atom stereocenters. The molecule has 0 saturated heterocycles. The lowest BCUT2D eigenvalue weighted by Crippen LogP contribution is -2.18. The number of nitrogens with one attached hydrogen (secondary N) is 2. The summed E-state index contributed by atoms with van der Waals surface area (Å²) in [5, 5.41) is 14.9. The van der Waals surface area contributed by atoms with E-state index in [1.807, 2.05) is 13.0 Å². The van der Waals surface area contributed by atoms with Gasteiger partial charge in [0.25, 0.3) is 0 Å². The maximum absolute atomic E-state index is 12.4. The molecule has 0 radical (unpaired) electrons. The fourth-order valence-corrected chi connectivity index (χ4v) is 2.67. The first-order chi connectivity index (χ1) is 12.4. The number of aromatic carboxylic acids is 1. The van der Waals surface area contributed by atoms with Gasteiger partial charge in [-0.2, -0.15) is 0 Å². The molecule has 3 N–H and O–H groups in total. The van der Waals surface area contributed by atoms with Crippen LogP contribution in [-0.4, -0.2) is 22.9 Å². The number of rotatable bonds is 6. The lowest BCUT2D eigenvalue weighted by Gasteiger charge is -2.12. The molecular weight excluding hydrogens is 332 g/mol. The van der Waals surface area contributed by atoms with Crippen molar-refractivity contribution in [3.63, 3.8) is 0 Å². The summed E-state index contributed by atoms with van der Waals surface area (Å²) in [7, 11) is 0. The van der Waals surface area contributed by atoms with E-state index in [9.17, 15) is 19.5 Å². The summed E-state index contributed by atoms with van der Waals surface area (Å²) < 4.78 is 0. The molecular formula is C20H20N2O4. The summed E-state index contributed by atoms with van der Waals surface area (Å²) in [6.07, 6.45) is 1.80. The SMILES string of the molecule is Cc1ccc(NC(=O)C2CC2)cc1NC(=O)Cc1ccccc1C(=O)O. The van der Waals surface area contributed by atoms with Crippen LogP contribution in [0.1, 0.15) is 34.3 Å². The average Bonchev–Trinajstić information content (AvgIpc) is 3.43. The number of aryl methyl sites for hydroxylation is 1. The van der Waals surface area contributed by atoms with E-state index in [1.54, 1.807) is 30.3 Å². The van der Waals surface area contributed by atoms with E-state index < -0.39 is 5.97 Å². The third-order valence-corrected chi connectivity index (χ3v) is 4.33. The second-order valence-electron chi connectivity index (χ2n) is 6.48. The summed E-state index contributed by atoms with van der Waals surface area (Å²) in [6, 6.07) is 11.8. The van der Waals surface area contributed by atoms with Crippen LogP contribution in [0.2, 0.25) is 0 Å². The van der Waals surface area contributed by atoms with Crippen molar-refractivity contribution < 1.29 is 19.5 Å². The molecule has 0 bridgehead atoms. The van der Waals surface area contributed by atoms with E-state index in [4.69, 9.17) is 0 Å². The highest BCUT2D eigenvalue weighted by Crippen LogP contribution is 2.30. The summed E-state index contributed by atoms with van der Waals surface area (Å²) in [5.41, 5.74) is 2.65. The van der Waals surface area contributed by atoms with Gasteiger partial charge in [0.15, 0.2) is 0 Å². The first-order valence-corrected chi connectivity index (χ1v) is 8.46. The van der Waals surface area contributed by atoms with Gasteiger partial charge >= 0.3 is 5.97 Å². The van der Waals surface area contributed by atoms with Crippen molar-refractivity contribution in [2.45, 2.75) is 26.2 Å². The zero-order chi connectivity index (χ0) is 18.7. The topological polar surface area (TPSA) is 95.5 Å². The Hall–Kier alpha value is -3.15. The van der Waals surface area contributed by atoms with Crippen LogP contribution in [0.5, 0.6) is 0 Å². The largest absolute Gasteiger partial charge is 0.478 e. The smallest absolute Gasteiger partial charge is 0.335 e. The number of carbonyl (C=O) groups is 3. The quantitative estimate of drug-likeness (QED) is 0.744. The third-order valence-electron chi connectivity index (χ3n) is 4.33. The third kappa shape index (κ3) is 4.27. The van der Waals surface area contributed by atoms with Crippen LogP contribution in [0.25, 0.3) is 0 Å². The van der Waals surface area contributed by atoms with Gasteiger partial charge in [-0.3, -0.25) is 9.59 Å². The van der Waals surface area contributed by atoms with E-state index in [0.29, 0.717) is 16.9 Å². The Morgan fingerprint density at radius 2 is 1.81 bits per heavy atom. The Bertz CT molecular complexity index is 872. The highest BCUT2D eigenvalue weighted by molar-refractivity contribution is 5.98. The van der Waals surface area contributed by atoms with Crippen molar-refractivity contribution >= 4 is 29.2 Å². The Labute approximate surface area is 151 Å². The molecule has 0 heterocycles. The molecule has 6 nitrogen and oxygen atoms in total. The number of hydrogen-bond acceptors (Lipinski definition) is 3. The van der Waals surface area contributed by atoms with Crippen molar-refractivity contribution in [3.8, 4) is 0 Å². The molecule has 0 aliphatic heterocycles. The molecule has 26 heavy (non-hydrogen) atoms. The van der Waals surface area contributed by atoms with E-state index in [1.165, 1.54) is 6.07 Å². The average molecular weight is 352 g/mol. The molecule has 1 fully saturated rings. The molecule has 1 aliphatic carbocycles. The van der Waals surface area contributed by atoms with Crippen LogP contribution < -0.4 is 10.6 Å². The van der Waals surface area contributed by atoms with Gasteiger partial charge in [-0.1, -0.05) is 24.3 Å². The Morgan fingerprint density at radius 3 is 2.50 bits per heavy atom. The molecule has 0 unspecified atom stereocenters. The predicted molar refractivity (Wildman–Crippen MR) is 98.3 cm³/mol. The van der Waals surface area contributed by atoms with Crippen molar-refractivity contribution in [3.05, 3.63) is 59.2 Å². The molecule has 2 aromatic rings. The molecule has 0 spiro atoms. The number of carboxylic acid groups (broad SMARTS) is 1. The Balaban J connectivity index is 1.70. The van der Waals surface area contributed by atoms with E-state index >= 15 is 0 Å². The van der Waals surface area contributed by atoms with Gasteiger partial charge in [0.1, 0.15) is 0 Å². The lowest BCUT2D eigenvalue weighted by molar-refractivity contribution is -0.117. The standard InChI is InChI=1S/C20H20N2O4/c1-12-6-9-15(21-19(24)13-7-8-13)11-17(12)22-18(23)10-14-4-2-3-5-16(14)20(25)26/h2-6,9,11,13H,7-8,10H2,1H3,(H,21,24)(H,22,23)(H,25,26). The minimum atomic E-state index is -1.06. The van der Waals surface area contributed by atoms with Crippen LogP contribution in [-0.2, 0) is 16.0 Å². The minimum Gasteiger partial charge on any atom is -0.478 e. The van der Waals surface area contributed by atoms with Crippen LogP contribution >= 0.6 is 0 Å². The van der Waals surface area contributed by atoms with Crippen LogP contribution in [0.3, 0.4) is 0 Å². The minimum absolute atomic E-state index is 0.00140. The Kier molecular flexibility index (Phi) is 5.02. The van der Waals surface area contributed by atoms with Gasteiger partial charge in [0, 0.05) is 17.3 Å². The monoisotopic (exact) mass is 352 g/mol. The number of anilines is 2. The molecule has 1 aliphatic rings. The second-order valence-corrected chi connectivity index (χ2v) is 6.48. The zero-order valence-electron chi connectivity index (χ0n) is 14.4. The van der Waals surface area contributed by atoms with Crippen molar-refractivity contribution in [1.29, 1.82) is 0 Å². The van der Waals surface area contributed by atoms with Gasteiger partial charge in [-0.25, -0.2) is 4.79 Å². The molecule has 0 aromatic heterocycles. The van der Waals surface area contributed by atoms with Crippen molar-refractivity contribution in [1.82, 2.24) is 0 Å². The first kappa shape index (κ1) is 17.7. The highest BCUT2D eigenvalue weighted by atomic mass is 16.4. The maximum Gasteiger partial charge on any atom is 0.335 e. The zero-order valence-corrected chi connectivity index (χ0v) is 14.4. The molecule has 2 aromatic carbocycles. The van der Waals surface area contributed by atoms with Gasteiger partial charge in [0.2, 0.25) is 11.8 Å². The number of benzene rings is 2. The van der Waals surface area contributed by atoms with Gasteiger partial charge in [0.05, 0.1) is 12.0 Å². The fraction of sp³-hybridized carbons (Fsp3) is 0.250. The first-order valence-electron chi connectivity index (χ1n) is 8.46. The molecule has 1 saturated carbocycles. The lowest BCUT2D eigenvalue weighted by atomic mass is 10.0. The Morgan fingerprint density at radius 1 is 1.08 bits per heavy atom. The molecule has 134 valence electrons. The number of carbonyl (C=O) groups excluding carboxylic acids is 2. The summed E-state index contributed by atoms with van der Waals surface area (Å²) in [5.74, 6) is -1.27. The summed E-state index contributed by atoms with van der Waals surface area (Å²) in [6.45, 7) is 1.85. The number of amides is 2. The molecule has 3 rings (SSSR count).